The average molecular weight is 372 g/mol. The lowest BCUT2D eigenvalue weighted by Crippen LogP contribution is -2.46. The third-order valence-corrected chi connectivity index (χ3v) is 5.99. The molecular weight excluding hydrogens is 348 g/mol. The van der Waals surface area contributed by atoms with Gasteiger partial charge in [-0.25, -0.2) is 4.98 Å². The molecular formula is C19H24N4O2S. The van der Waals surface area contributed by atoms with Gasteiger partial charge in [0.2, 0.25) is 0 Å². The predicted octanol–water partition coefficient (Wildman–Crippen LogP) is 2.71. The van der Waals surface area contributed by atoms with Crippen molar-refractivity contribution < 1.29 is 9.53 Å². The van der Waals surface area contributed by atoms with Crippen LogP contribution in [0.2, 0.25) is 0 Å². The van der Waals surface area contributed by atoms with Crippen molar-refractivity contribution in [1.29, 1.82) is 0 Å². The molecule has 4 rings (SSSR count). The van der Waals surface area contributed by atoms with Gasteiger partial charge in [0.25, 0.3) is 5.91 Å². The van der Waals surface area contributed by atoms with Gasteiger partial charge in [-0.15, -0.1) is 11.3 Å². The lowest BCUT2D eigenvalue weighted by atomic mass is 10.2. The molecule has 2 aliphatic rings. The topological polar surface area (TPSA) is 48.9 Å². The first kappa shape index (κ1) is 17.1. The number of ether oxygens (including phenoxy) is 1. The Morgan fingerprint density at radius 1 is 1.00 bits per heavy atom. The molecule has 2 aromatic rings. The van der Waals surface area contributed by atoms with Gasteiger partial charge in [-0.05, 0) is 37.1 Å². The smallest absolute Gasteiger partial charge is 0.273 e. The number of anilines is 2. The number of aromatic nitrogens is 1. The number of likely N-dealkylation sites (tertiary alicyclic amines) is 1. The molecule has 1 aromatic carbocycles. The second kappa shape index (κ2) is 7.53. The van der Waals surface area contributed by atoms with E-state index >= 15 is 0 Å². The van der Waals surface area contributed by atoms with Crippen LogP contribution >= 0.6 is 11.3 Å². The summed E-state index contributed by atoms with van der Waals surface area (Å²) in [6.45, 7) is 5.45. The summed E-state index contributed by atoms with van der Waals surface area (Å²) in [7, 11) is 1.69. The summed E-state index contributed by atoms with van der Waals surface area (Å²) in [6, 6.07) is 8.20. The van der Waals surface area contributed by atoms with E-state index < -0.39 is 0 Å². The van der Waals surface area contributed by atoms with E-state index in [9.17, 15) is 4.79 Å². The second-order valence-electron chi connectivity index (χ2n) is 6.69. The molecule has 6 nitrogen and oxygen atoms in total. The highest BCUT2D eigenvalue weighted by Crippen LogP contribution is 2.26. The van der Waals surface area contributed by atoms with Gasteiger partial charge in [0, 0.05) is 50.3 Å². The highest BCUT2D eigenvalue weighted by molar-refractivity contribution is 7.13. The highest BCUT2D eigenvalue weighted by atomic mass is 32.1. The molecule has 2 saturated heterocycles. The molecule has 26 heavy (non-hydrogen) atoms. The summed E-state index contributed by atoms with van der Waals surface area (Å²) >= 11 is 1.58. The molecule has 0 atom stereocenters. The third-order valence-electron chi connectivity index (χ3n) is 5.09. The van der Waals surface area contributed by atoms with Gasteiger partial charge in [0.05, 0.1) is 7.11 Å². The van der Waals surface area contributed by atoms with Crippen LogP contribution in [0.15, 0.2) is 29.6 Å². The number of rotatable bonds is 4. The summed E-state index contributed by atoms with van der Waals surface area (Å²) in [5.41, 5.74) is 1.82. The zero-order chi connectivity index (χ0) is 17.9. The van der Waals surface area contributed by atoms with Crippen LogP contribution in [-0.2, 0) is 0 Å². The maximum Gasteiger partial charge on any atom is 0.273 e. The minimum Gasteiger partial charge on any atom is -0.497 e. The lowest BCUT2D eigenvalue weighted by molar-refractivity contribution is 0.0788. The van der Waals surface area contributed by atoms with Crippen LogP contribution < -0.4 is 14.5 Å². The van der Waals surface area contributed by atoms with Gasteiger partial charge in [-0.3, -0.25) is 4.79 Å². The van der Waals surface area contributed by atoms with Crippen molar-refractivity contribution in [2.75, 3.05) is 56.2 Å². The van der Waals surface area contributed by atoms with Gasteiger partial charge < -0.3 is 19.4 Å². The largest absolute Gasteiger partial charge is 0.497 e. The quantitative estimate of drug-likeness (QED) is 0.826. The third kappa shape index (κ3) is 3.49. The Kier molecular flexibility index (Phi) is 4.97. The van der Waals surface area contributed by atoms with E-state index in [4.69, 9.17) is 4.74 Å². The zero-order valence-corrected chi connectivity index (χ0v) is 15.9. The SMILES string of the molecule is COc1ccc(N2CCN(c3nc(C(=O)N4CCCC4)cs3)CC2)cc1. The van der Waals surface area contributed by atoms with E-state index in [2.05, 4.69) is 26.9 Å². The van der Waals surface area contributed by atoms with Crippen LogP contribution in [-0.4, -0.2) is 62.2 Å². The number of benzene rings is 1. The second-order valence-corrected chi connectivity index (χ2v) is 7.52. The maximum absolute atomic E-state index is 12.5. The molecule has 2 fully saturated rings. The molecule has 0 bridgehead atoms. The first-order chi connectivity index (χ1) is 12.7. The molecule has 0 radical (unpaired) electrons. The first-order valence-corrected chi connectivity index (χ1v) is 10.0. The van der Waals surface area contributed by atoms with Gasteiger partial charge in [-0.1, -0.05) is 0 Å². The first-order valence-electron chi connectivity index (χ1n) is 9.13. The standard InChI is InChI=1S/C19H24N4O2S/c1-25-16-6-4-15(5-7-16)21-10-12-23(13-11-21)19-20-17(14-26-19)18(24)22-8-2-3-9-22/h4-7,14H,2-3,8-13H2,1H3. The number of nitrogens with zero attached hydrogens (tertiary/aromatic N) is 4. The van der Waals surface area contributed by atoms with E-state index in [1.807, 2.05) is 22.4 Å². The monoisotopic (exact) mass is 372 g/mol. The predicted molar refractivity (Wildman–Crippen MR) is 105 cm³/mol. The number of carbonyl (C=O) groups is 1. The molecule has 0 spiro atoms. The Balaban J connectivity index is 1.36. The molecule has 0 aliphatic carbocycles. The van der Waals surface area contributed by atoms with Crippen molar-refractivity contribution in [1.82, 2.24) is 9.88 Å². The summed E-state index contributed by atoms with van der Waals surface area (Å²) in [5.74, 6) is 0.965. The number of hydrogen-bond donors (Lipinski definition) is 0. The van der Waals surface area contributed by atoms with Crippen molar-refractivity contribution >= 4 is 28.1 Å². The number of amides is 1. The fourth-order valence-corrected chi connectivity index (χ4v) is 4.39. The van der Waals surface area contributed by atoms with Crippen molar-refractivity contribution in [2.24, 2.45) is 0 Å². The molecule has 2 aliphatic heterocycles. The van der Waals surface area contributed by atoms with Gasteiger partial charge in [-0.2, -0.15) is 0 Å². The molecule has 1 aromatic heterocycles. The van der Waals surface area contributed by atoms with Crippen LogP contribution in [0, 0.1) is 0 Å². The summed E-state index contributed by atoms with van der Waals surface area (Å²) < 4.78 is 5.23. The fourth-order valence-electron chi connectivity index (χ4n) is 3.54. The summed E-state index contributed by atoms with van der Waals surface area (Å²) in [6.07, 6.45) is 2.21. The van der Waals surface area contributed by atoms with E-state index in [1.165, 1.54) is 5.69 Å². The molecule has 3 heterocycles. The lowest BCUT2D eigenvalue weighted by Gasteiger charge is -2.36. The van der Waals surface area contributed by atoms with E-state index in [0.29, 0.717) is 5.69 Å². The van der Waals surface area contributed by atoms with Crippen LogP contribution in [0.4, 0.5) is 10.8 Å². The molecule has 0 saturated carbocycles. The maximum atomic E-state index is 12.5. The van der Waals surface area contributed by atoms with Crippen LogP contribution in [0.25, 0.3) is 0 Å². The Morgan fingerprint density at radius 3 is 2.31 bits per heavy atom. The number of methoxy groups -OCH3 is 1. The van der Waals surface area contributed by atoms with Gasteiger partial charge in [0.1, 0.15) is 11.4 Å². The van der Waals surface area contributed by atoms with E-state index in [1.54, 1.807) is 18.4 Å². The normalized spacial score (nSPS) is 17.7. The average Bonchev–Trinajstić information content (AvgIpc) is 3.40. The van der Waals surface area contributed by atoms with Gasteiger partial charge in [0.15, 0.2) is 5.13 Å². The Labute approximate surface area is 158 Å². The minimum atomic E-state index is 0.0851. The number of piperazine rings is 1. The number of thiazole rings is 1. The molecule has 0 N–H and O–H groups in total. The Morgan fingerprint density at radius 2 is 1.65 bits per heavy atom. The zero-order valence-electron chi connectivity index (χ0n) is 15.1. The molecule has 138 valence electrons. The summed E-state index contributed by atoms with van der Waals surface area (Å²) in [4.78, 5) is 23.7. The van der Waals surface area contributed by atoms with Crippen molar-refractivity contribution in [2.45, 2.75) is 12.8 Å². The van der Waals surface area contributed by atoms with E-state index in [-0.39, 0.29) is 5.91 Å². The Bertz CT molecular complexity index is 747. The van der Waals surface area contributed by atoms with Crippen LogP contribution in [0.3, 0.4) is 0 Å². The molecule has 1 amide bonds. The number of carbonyl (C=O) groups excluding carboxylic acids is 1. The van der Waals surface area contributed by atoms with Crippen LogP contribution in [0.1, 0.15) is 23.3 Å². The van der Waals surface area contributed by atoms with Crippen molar-refractivity contribution in [3.8, 4) is 5.75 Å². The molecule has 7 heteroatoms. The molecule has 0 unspecified atom stereocenters. The van der Waals surface area contributed by atoms with Crippen LogP contribution in [0.5, 0.6) is 5.75 Å². The summed E-state index contributed by atoms with van der Waals surface area (Å²) in [5, 5.41) is 2.87. The van der Waals surface area contributed by atoms with Gasteiger partial charge >= 0.3 is 0 Å². The van der Waals surface area contributed by atoms with Crippen molar-refractivity contribution in [3.05, 3.63) is 35.3 Å². The van der Waals surface area contributed by atoms with E-state index in [0.717, 1.165) is 63.0 Å². The Hall–Kier alpha value is -2.28. The number of hydrogen-bond acceptors (Lipinski definition) is 6. The van der Waals surface area contributed by atoms with Crippen molar-refractivity contribution in [3.63, 3.8) is 0 Å². The fraction of sp³-hybridized carbons (Fsp3) is 0.474. The highest BCUT2D eigenvalue weighted by Gasteiger charge is 2.24. The minimum absolute atomic E-state index is 0.0851.